The molecule has 5 rings (SSSR count). The van der Waals surface area contributed by atoms with Crippen LogP contribution in [-0.4, -0.2) is 87.6 Å². The van der Waals surface area contributed by atoms with Crippen molar-refractivity contribution in [3.8, 4) is 10.6 Å². The molecule has 0 saturated heterocycles. The van der Waals surface area contributed by atoms with E-state index in [0.717, 1.165) is 52.7 Å². The second kappa shape index (κ2) is 15.7. The van der Waals surface area contributed by atoms with Gasteiger partial charge >= 0.3 is 0 Å². The van der Waals surface area contributed by atoms with E-state index in [1.54, 1.807) is 18.4 Å². The Morgan fingerprint density at radius 2 is 1.84 bits per heavy atom. The molecule has 3 aromatic heterocycles. The zero-order valence-electron chi connectivity index (χ0n) is 25.9. The number of likely N-dealkylation sites (N-methyl/N-ethyl adjacent to an activating group) is 1. The predicted molar refractivity (Wildman–Crippen MR) is 176 cm³/mol. The number of carbonyl (C=O) groups excluding carboxylic acids is 1. The van der Waals surface area contributed by atoms with Gasteiger partial charge in [0.2, 0.25) is 5.95 Å². The number of rotatable bonds is 11. The van der Waals surface area contributed by atoms with Crippen molar-refractivity contribution >= 4 is 45.0 Å². The first-order valence-electron chi connectivity index (χ1n) is 15.1. The number of aromatic nitrogens is 4. The SMILES string of the molecule is CCN(CC)CCO.CNc1nc(C)cc(Nc2cc3nc(-c4cccc(C(=O)N(C)CC5CCCC5)c4)sc3cn2)n1. The van der Waals surface area contributed by atoms with Crippen molar-refractivity contribution in [1.29, 1.82) is 0 Å². The molecular weight excluding hydrogens is 560 g/mol. The number of nitrogens with zero attached hydrogens (tertiary/aromatic N) is 6. The van der Waals surface area contributed by atoms with Crippen LogP contribution < -0.4 is 10.6 Å². The summed E-state index contributed by atoms with van der Waals surface area (Å²) in [7, 11) is 3.69. The van der Waals surface area contributed by atoms with Crippen molar-refractivity contribution in [2.75, 3.05) is 57.5 Å². The van der Waals surface area contributed by atoms with Crippen molar-refractivity contribution in [3.05, 3.63) is 53.9 Å². The van der Waals surface area contributed by atoms with Gasteiger partial charge in [0.05, 0.1) is 16.8 Å². The van der Waals surface area contributed by atoms with Crippen molar-refractivity contribution in [2.45, 2.75) is 46.5 Å². The van der Waals surface area contributed by atoms with Crippen LogP contribution >= 0.6 is 11.3 Å². The first kappa shape index (κ1) is 32.2. The molecule has 1 aliphatic rings. The van der Waals surface area contributed by atoms with Crippen LogP contribution in [0.2, 0.25) is 0 Å². The number of benzene rings is 1. The highest BCUT2D eigenvalue weighted by Crippen LogP contribution is 2.32. The van der Waals surface area contributed by atoms with Gasteiger partial charge in [-0.05, 0) is 50.9 Å². The van der Waals surface area contributed by atoms with Crippen LogP contribution in [0.15, 0.2) is 42.6 Å². The van der Waals surface area contributed by atoms with Crippen molar-refractivity contribution in [2.24, 2.45) is 5.92 Å². The highest BCUT2D eigenvalue weighted by atomic mass is 32.1. The van der Waals surface area contributed by atoms with Crippen LogP contribution in [0, 0.1) is 12.8 Å². The lowest BCUT2D eigenvalue weighted by Gasteiger charge is -2.21. The number of fused-ring (bicyclic) bond motifs is 1. The third kappa shape index (κ3) is 8.92. The maximum atomic E-state index is 13.1. The normalized spacial score (nSPS) is 13.2. The minimum absolute atomic E-state index is 0.0640. The van der Waals surface area contributed by atoms with Crippen molar-refractivity contribution in [1.82, 2.24) is 29.7 Å². The number of amides is 1. The van der Waals surface area contributed by atoms with E-state index in [-0.39, 0.29) is 12.5 Å². The third-order valence-electron chi connectivity index (χ3n) is 7.63. The molecule has 0 unspecified atom stereocenters. The van der Waals surface area contributed by atoms with Crippen LogP contribution in [0.4, 0.5) is 17.6 Å². The Morgan fingerprint density at radius 1 is 1.07 bits per heavy atom. The average Bonchev–Trinajstić information content (AvgIpc) is 3.69. The molecule has 1 saturated carbocycles. The fourth-order valence-corrected chi connectivity index (χ4v) is 6.16. The topological polar surface area (TPSA) is 119 Å². The van der Waals surface area contributed by atoms with Crippen molar-refractivity contribution in [3.63, 3.8) is 0 Å². The Balaban J connectivity index is 0.000000467. The van der Waals surface area contributed by atoms with E-state index in [2.05, 4.69) is 44.3 Å². The summed E-state index contributed by atoms with van der Waals surface area (Å²) >= 11 is 1.57. The molecule has 11 heteroatoms. The smallest absolute Gasteiger partial charge is 0.253 e. The molecule has 0 spiro atoms. The average molecular weight is 605 g/mol. The zero-order valence-corrected chi connectivity index (χ0v) is 26.7. The number of aryl methyl sites for hydroxylation is 1. The molecule has 3 heterocycles. The summed E-state index contributed by atoms with van der Waals surface area (Å²) in [6.07, 6.45) is 6.82. The fraction of sp³-hybridized carbons (Fsp3) is 0.469. The number of anilines is 3. The van der Waals surface area contributed by atoms with Crippen LogP contribution in [0.1, 0.15) is 55.6 Å². The number of aliphatic hydroxyl groups excluding tert-OH is 1. The summed E-state index contributed by atoms with van der Waals surface area (Å²) in [4.78, 5) is 35.2. The van der Waals surface area contributed by atoms with E-state index in [9.17, 15) is 4.79 Å². The number of carbonyl (C=O) groups is 1. The van der Waals surface area contributed by atoms with Crippen LogP contribution in [-0.2, 0) is 0 Å². The number of pyridine rings is 1. The molecule has 43 heavy (non-hydrogen) atoms. The monoisotopic (exact) mass is 604 g/mol. The van der Waals surface area contributed by atoms with Gasteiger partial charge in [-0.2, -0.15) is 4.98 Å². The molecule has 1 fully saturated rings. The predicted octanol–water partition coefficient (Wildman–Crippen LogP) is 5.82. The van der Waals surface area contributed by atoms with E-state index in [1.807, 2.05) is 61.5 Å². The van der Waals surface area contributed by atoms with Crippen LogP contribution in [0.3, 0.4) is 0 Å². The van der Waals surface area contributed by atoms with Gasteiger partial charge < -0.3 is 25.5 Å². The summed E-state index contributed by atoms with van der Waals surface area (Å²) < 4.78 is 0.982. The van der Waals surface area contributed by atoms with Gasteiger partial charge in [0.1, 0.15) is 16.6 Å². The van der Waals surface area contributed by atoms with E-state index in [0.29, 0.717) is 29.1 Å². The third-order valence-corrected chi connectivity index (χ3v) is 8.68. The Kier molecular flexibility index (Phi) is 11.8. The molecule has 0 aliphatic heterocycles. The van der Waals surface area contributed by atoms with Crippen molar-refractivity contribution < 1.29 is 9.90 Å². The van der Waals surface area contributed by atoms with Gasteiger partial charge in [0, 0.05) is 62.3 Å². The van der Waals surface area contributed by atoms with Gasteiger partial charge in [0.25, 0.3) is 5.91 Å². The lowest BCUT2D eigenvalue weighted by molar-refractivity contribution is 0.0773. The first-order valence-corrected chi connectivity index (χ1v) is 15.9. The molecule has 1 amide bonds. The molecule has 1 aromatic carbocycles. The summed E-state index contributed by atoms with van der Waals surface area (Å²) in [5.41, 5.74) is 3.33. The Bertz CT molecular complexity index is 1480. The molecule has 3 N–H and O–H groups in total. The molecule has 230 valence electrons. The maximum absolute atomic E-state index is 13.1. The molecule has 0 radical (unpaired) electrons. The number of hydrogen-bond donors (Lipinski definition) is 3. The molecule has 0 atom stereocenters. The van der Waals surface area contributed by atoms with Gasteiger partial charge in [0.15, 0.2) is 0 Å². The highest BCUT2D eigenvalue weighted by Gasteiger charge is 2.21. The largest absolute Gasteiger partial charge is 0.395 e. The van der Waals surface area contributed by atoms with E-state index in [1.165, 1.54) is 25.7 Å². The molecule has 10 nitrogen and oxygen atoms in total. The fourth-order valence-electron chi connectivity index (χ4n) is 5.25. The quantitative estimate of drug-likeness (QED) is 0.194. The van der Waals surface area contributed by atoms with Gasteiger partial charge in [-0.25, -0.2) is 15.0 Å². The molecular formula is C32H44N8O2S. The van der Waals surface area contributed by atoms with Gasteiger partial charge in [-0.3, -0.25) is 4.79 Å². The van der Waals surface area contributed by atoms with Gasteiger partial charge in [-0.1, -0.05) is 38.8 Å². The minimum Gasteiger partial charge on any atom is -0.395 e. The van der Waals surface area contributed by atoms with E-state index < -0.39 is 0 Å². The summed E-state index contributed by atoms with van der Waals surface area (Å²) in [5.74, 6) is 2.56. The van der Waals surface area contributed by atoms with Crippen LogP contribution in [0.25, 0.3) is 20.8 Å². The summed E-state index contributed by atoms with van der Waals surface area (Å²) in [6, 6.07) is 11.5. The number of hydrogen-bond acceptors (Lipinski definition) is 10. The highest BCUT2D eigenvalue weighted by molar-refractivity contribution is 7.21. The molecule has 4 aromatic rings. The summed E-state index contributed by atoms with van der Waals surface area (Å²) in [6.45, 7) is 10.1. The maximum Gasteiger partial charge on any atom is 0.253 e. The number of aliphatic hydroxyl groups is 1. The number of nitrogens with one attached hydrogen (secondary N) is 2. The summed E-state index contributed by atoms with van der Waals surface area (Å²) in [5, 5.41) is 15.5. The zero-order chi connectivity index (χ0) is 30.8. The molecule has 0 bridgehead atoms. The minimum atomic E-state index is 0.0640. The van der Waals surface area contributed by atoms with E-state index in [4.69, 9.17) is 10.1 Å². The Labute approximate surface area is 258 Å². The second-order valence-electron chi connectivity index (χ2n) is 10.8. The number of thiazole rings is 1. The Hall–Kier alpha value is -3.67. The van der Waals surface area contributed by atoms with Gasteiger partial charge in [-0.15, -0.1) is 11.3 Å². The standard InChI is InChI=1S/C26H29N7OS.C6H15NO/c1-16-11-23(32-26(27-2)29-16)31-22-13-20-21(14-28-22)35-24(30-20)18-9-6-10-19(12-18)25(34)33(3)15-17-7-4-5-8-17;1-3-7(4-2)5-6-8/h6,9-14,17H,4-5,7-8,15H2,1-3H3,(H2,27,28,29,31,32);8H,3-6H2,1-2H3. The lowest BCUT2D eigenvalue weighted by Crippen LogP contribution is -2.31. The Morgan fingerprint density at radius 3 is 2.51 bits per heavy atom. The van der Waals surface area contributed by atoms with E-state index >= 15 is 0 Å². The molecule has 1 aliphatic carbocycles. The first-order chi connectivity index (χ1) is 20.8. The second-order valence-corrected chi connectivity index (χ2v) is 11.8. The lowest BCUT2D eigenvalue weighted by atomic mass is 10.1. The van der Waals surface area contributed by atoms with Crippen LogP contribution in [0.5, 0.6) is 0 Å².